The number of sulfone groups is 2. The van der Waals surface area contributed by atoms with Gasteiger partial charge in [-0.15, -0.1) is 0 Å². The maximum absolute atomic E-state index is 12.8. The second kappa shape index (κ2) is 11.1. The van der Waals surface area contributed by atoms with E-state index in [4.69, 9.17) is 0 Å². The summed E-state index contributed by atoms with van der Waals surface area (Å²) in [6, 6.07) is 22.9. The molecule has 0 atom stereocenters. The lowest BCUT2D eigenvalue weighted by atomic mass is 9.99. The Morgan fingerprint density at radius 2 is 0.925 bits per heavy atom. The number of nitrogens with one attached hydrogen (secondary N) is 2. The Labute approximate surface area is 233 Å². The van der Waals surface area contributed by atoms with E-state index in [9.17, 15) is 26.4 Å². The van der Waals surface area contributed by atoms with Crippen LogP contribution >= 0.6 is 0 Å². The van der Waals surface area contributed by atoms with E-state index >= 15 is 0 Å². The third kappa shape index (κ3) is 6.64. The zero-order chi connectivity index (χ0) is 29.2. The topological polar surface area (TPSA) is 126 Å². The minimum Gasteiger partial charge on any atom is -0.322 e. The SMILES string of the molecule is Cc1cc(-c2ccc(NC(=O)c3cccc(S(C)(=O)=O)c3)c(C)c2)ccc1NC(=O)c1cccc(S(C)(=O)=O)c1. The molecule has 0 aromatic heterocycles. The van der Waals surface area contributed by atoms with Gasteiger partial charge >= 0.3 is 0 Å². The van der Waals surface area contributed by atoms with Gasteiger partial charge in [0, 0.05) is 35.0 Å². The molecule has 0 aliphatic carbocycles. The van der Waals surface area contributed by atoms with E-state index in [1.54, 1.807) is 24.3 Å². The summed E-state index contributed by atoms with van der Waals surface area (Å²) in [5.41, 5.74) is 5.08. The van der Waals surface area contributed by atoms with Crippen LogP contribution in [0.2, 0.25) is 0 Å². The first kappa shape index (κ1) is 28.7. The zero-order valence-corrected chi connectivity index (χ0v) is 24.0. The van der Waals surface area contributed by atoms with Crippen molar-refractivity contribution in [2.75, 3.05) is 23.1 Å². The maximum atomic E-state index is 12.8. The number of rotatable bonds is 7. The van der Waals surface area contributed by atoms with E-state index in [2.05, 4.69) is 10.6 Å². The lowest BCUT2D eigenvalue weighted by Gasteiger charge is -2.13. The van der Waals surface area contributed by atoms with Crippen molar-refractivity contribution < 1.29 is 26.4 Å². The molecule has 0 saturated heterocycles. The highest BCUT2D eigenvalue weighted by Crippen LogP contribution is 2.29. The first-order valence-electron chi connectivity index (χ1n) is 12.2. The quantitative estimate of drug-likeness (QED) is 0.308. The average Bonchev–Trinajstić information content (AvgIpc) is 2.90. The molecule has 206 valence electrons. The van der Waals surface area contributed by atoms with Crippen LogP contribution in [-0.2, 0) is 19.7 Å². The Balaban J connectivity index is 1.50. The standard InChI is InChI=1S/C30H28N2O6S2/c1-19-15-21(11-13-27(19)31-29(33)23-7-5-9-25(17-23)39(3,35)36)22-12-14-28(20(2)16-22)32-30(34)24-8-6-10-26(18-24)40(4,37)38/h5-18H,1-4H3,(H,31,33)(H,32,34). The second-order valence-electron chi connectivity index (χ2n) is 9.57. The van der Waals surface area contributed by atoms with E-state index in [-0.39, 0.29) is 20.9 Å². The van der Waals surface area contributed by atoms with Gasteiger partial charge in [0.05, 0.1) is 9.79 Å². The number of carbonyl (C=O) groups excluding carboxylic acids is 2. The van der Waals surface area contributed by atoms with Crippen LogP contribution in [0.4, 0.5) is 11.4 Å². The second-order valence-corrected chi connectivity index (χ2v) is 13.6. The van der Waals surface area contributed by atoms with Gasteiger partial charge in [0.25, 0.3) is 11.8 Å². The maximum Gasteiger partial charge on any atom is 0.255 e. The molecule has 2 amide bonds. The minimum atomic E-state index is -3.44. The van der Waals surface area contributed by atoms with Crippen LogP contribution in [0.3, 0.4) is 0 Å². The molecule has 10 heteroatoms. The van der Waals surface area contributed by atoms with Gasteiger partial charge in [-0.05, 0) is 96.8 Å². The fourth-order valence-corrected chi connectivity index (χ4v) is 5.43. The Morgan fingerprint density at radius 3 is 1.25 bits per heavy atom. The fourth-order valence-electron chi connectivity index (χ4n) is 4.09. The number of anilines is 2. The molecule has 8 nitrogen and oxygen atoms in total. The largest absolute Gasteiger partial charge is 0.322 e. The van der Waals surface area contributed by atoms with Crippen molar-refractivity contribution in [3.05, 3.63) is 107 Å². The van der Waals surface area contributed by atoms with Crippen molar-refractivity contribution in [1.82, 2.24) is 0 Å². The summed E-state index contributed by atoms with van der Waals surface area (Å²) in [6.07, 6.45) is 2.18. The van der Waals surface area contributed by atoms with Gasteiger partial charge < -0.3 is 10.6 Å². The Hall–Kier alpha value is -4.28. The van der Waals surface area contributed by atoms with E-state index in [0.717, 1.165) is 34.8 Å². The van der Waals surface area contributed by atoms with Gasteiger partial charge in [-0.1, -0.05) is 24.3 Å². The van der Waals surface area contributed by atoms with Crippen LogP contribution in [0.5, 0.6) is 0 Å². The highest BCUT2D eigenvalue weighted by atomic mass is 32.2. The predicted molar refractivity (Wildman–Crippen MR) is 156 cm³/mol. The van der Waals surface area contributed by atoms with E-state index < -0.39 is 31.5 Å². The molecule has 0 aliphatic rings. The molecule has 0 heterocycles. The molecule has 0 fully saturated rings. The van der Waals surface area contributed by atoms with Crippen molar-refractivity contribution in [3.8, 4) is 11.1 Å². The summed E-state index contributed by atoms with van der Waals surface area (Å²) < 4.78 is 47.3. The lowest BCUT2D eigenvalue weighted by molar-refractivity contribution is 0.101. The van der Waals surface area contributed by atoms with Crippen molar-refractivity contribution in [2.45, 2.75) is 23.6 Å². The van der Waals surface area contributed by atoms with Gasteiger partial charge in [0.2, 0.25) is 0 Å². The van der Waals surface area contributed by atoms with Crippen LogP contribution in [-0.4, -0.2) is 41.2 Å². The molecule has 2 N–H and O–H groups in total. The average molecular weight is 577 g/mol. The van der Waals surface area contributed by atoms with Crippen molar-refractivity contribution >= 4 is 42.9 Å². The minimum absolute atomic E-state index is 0.0737. The molecule has 0 saturated carbocycles. The third-order valence-electron chi connectivity index (χ3n) is 6.33. The number of benzene rings is 4. The molecule has 40 heavy (non-hydrogen) atoms. The van der Waals surface area contributed by atoms with Gasteiger partial charge in [-0.25, -0.2) is 16.8 Å². The monoisotopic (exact) mass is 576 g/mol. The number of amides is 2. The van der Waals surface area contributed by atoms with Gasteiger partial charge in [-0.3, -0.25) is 9.59 Å². The Kier molecular flexibility index (Phi) is 7.95. The van der Waals surface area contributed by atoms with Crippen LogP contribution < -0.4 is 10.6 Å². The van der Waals surface area contributed by atoms with Crippen molar-refractivity contribution in [3.63, 3.8) is 0 Å². The zero-order valence-electron chi connectivity index (χ0n) is 22.3. The number of hydrogen-bond acceptors (Lipinski definition) is 6. The van der Waals surface area contributed by atoms with Gasteiger partial charge in [0.1, 0.15) is 0 Å². The molecule has 0 aliphatic heterocycles. The first-order valence-corrected chi connectivity index (χ1v) is 16.0. The van der Waals surface area contributed by atoms with Crippen LogP contribution in [0.15, 0.2) is 94.7 Å². The molecular formula is C30H28N2O6S2. The van der Waals surface area contributed by atoms with Crippen LogP contribution in [0.25, 0.3) is 11.1 Å². The molecule has 0 spiro atoms. The summed E-state index contributed by atoms with van der Waals surface area (Å²) in [5, 5.41) is 5.67. The Bertz CT molecular complexity index is 1730. The summed E-state index contributed by atoms with van der Waals surface area (Å²) >= 11 is 0. The molecule has 0 radical (unpaired) electrons. The number of carbonyl (C=O) groups is 2. The van der Waals surface area contributed by atoms with Gasteiger partial charge in [-0.2, -0.15) is 0 Å². The van der Waals surface area contributed by atoms with Crippen LogP contribution in [0, 0.1) is 13.8 Å². The van der Waals surface area contributed by atoms with Crippen molar-refractivity contribution in [1.29, 1.82) is 0 Å². The van der Waals surface area contributed by atoms with Crippen molar-refractivity contribution in [2.24, 2.45) is 0 Å². The lowest BCUT2D eigenvalue weighted by Crippen LogP contribution is -2.13. The third-order valence-corrected chi connectivity index (χ3v) is 8.55. The highest BCUT2D eigenvalue weighted by molar-refractivity contribution is 7.91. The summed E-state index contributed by atoms with van der Waals surface area (Å²) in [6.45, 7) is 3.72. The van der Waals surface area contributed by atoms with E-state index in [0.29, 0.717) is 11.4 Å². The van der Waals surface area contributed by atoms with Crippen LogP contribution in [0.1, 0.15) is 31.8 Å². The smallest absolute Gasteiger partial charge is 0.255 e. The van der Waals surface area contributed by atoms with E-state index in [1.165, 1.54) is 36.4 Å². The summed E-state index contributed by atoms with van der Waals surface area (Å²) in [7, 11) is -6.87. The predicted octanol–water partition coefficient (Wildman–Crippen LogP) is 5.28. The summed E-state index contributed by atoms with van der Waals surface area (Å²) in [5.74, 6) is -0.835. The Morgan fingerprint density at radius 1 is 0.550 bits per heavy atom. The highest BCUT2D eigenvalue weighted by Gasteiger charge is 2.15. The number of hydrogen-bond donors (Lipinski definition) is 2. The first-order chi connectivity index (χ1) is 18.7. The molecule has 4 rings (SSSR count). The molecule has 4 aromatic rings. The molecule has 4 aromatic carbocycles. The molecular weight excluding hydrogens is 548 g/mol. The molecule has 0 bridgehead atoms. The normalized spacial score (nSPS) is 11.6. The number of aryl methyl sites for hydroxylation is 2. The summed E-state index contributed by atoms with van der Waals surface area (Å²) in [4.78, 5) is 25.7. The van der Waals surface area contributed by atoms with E-state index in [1.807, 2.05) is 38.1 Å². The molecule has 0 unspecified atom stereocenters. The van der Waals surface area contributed by atoms with Gasteiger partial charge in [0.15, 0.2) is 19.7 Å². The fraction of sp³-hybridized carbons (Fsp3) is 0.133.